The Morgan fingerprint density at radius 2 is 1.95 bits per heavy atom. The summed E-state index contributed by atoms with van der Waals surface area (Å²) in [6.07, 6.45) is 1.45. The van der Waals surface area contributed by atoms with Crippen LogP contribution in [0.25, 0.3) is 0 Å². The van der Waals surface area contributed by atoms with E-state index in [0.29, 0.717) is 0 Å². The molecule has 0 saturated heterocycles. The third-order valence-corrected chi connectivity index (χ3v) is 3.83. The number of anilines is 1. The number of carbonyl (C=O) groups is 1. The molecule has 2 rings (SSSR count). The first kappa shape index (κ1) is 15.4. The average molecular weight is 301 g/mol. The molecule has 2 aromatic rings. The van der Waals surface area contributed by atoms with Crippen molar-refractivity contribution in [1.29, 1.82) is 0 Å². The van der Waals surface area contributed by atoms with Crippen molar-refractivity contribution in [2.45, 2.75) is 24.8 Å². The Balaban J connectivity index is 2.01. The van der Waals surface area contributed by atoms with Crippen LogP contribution in [-0.2, 0) is 4.79 Å². The largest absolute Gasteiger partial charge is 0.481 e. The summed E-state index contributed by atoms with van der Waals surface area (Å²) in [6.45, 7) is 3.71. The van der Waals surface area contributed by atoms with Crippen molar-refractivity contribution in [2.75, 3.05) is 11.6 Å². The molecule has 0 heterocycles. The number of ether oxygens (including phenoxy) is 1. The Morgan fingerprint density at radius 3 is 2.67 bits per heavy atom. The minimum atomic E-state index is -0.552. The third-order valence-electron chi connectivity index (χ3n) is 3.10. The van der Waals surface area contributed by atoms with Gasteiger partial charge in [0.2, 0.25) is 0 Å². The number of thioether (sulfide) groups is 1. The quantitative estimate of drug-likeness (QED) is 0.844. The molecule has 2 aromatic carbocycles. The SMILES string of the molecule is CSc1cccc(NC(=O)C(C)Oc2ccccc2C)c1. The van der Waals surface area contributed by atoms with Crippen LogP contribution in [0.15, 0.2) is 53.4 Å². The predicted octanol–water partition coefficient (Wildman–Crippen LogP) is 4.12. The molecule has 0 aliphatic carbocycles. The summed E-state index contributed by atoms with van der Waals surface area (Å²) in [5, 5.41) is 2.88. The van der Waals surface area contributed by atoms with Crippen LogP contribution in [0.1, 0.15) is 12.5 Å². The van der Waals surface area contributed by atoms with E-state index in [-0.39, 0.29) is 5.91 Å². The maximum Gasteiger partial charge on any atom is 0.265 e. The Bertz CT molecular complexity index is 628. The number of hydrogen-bond acceptors (Lipinski definition) is 3. The van der Waals surface area contributed by atoms with Crippen LogP contribution in [0, 0.1) is 6.92 Å². The fraction of sp³-hybridized carbons (Fsp3) is 0.235. The maximum atomic E-state index is 12.2. The highest BCUT2D eigenvalue weighted by Crippen LogP contribution is 2.20. The second-order valence-corrected chi connectivity index (χ2v) is 5.63. The van der Waals surface area contributed by atoms with Crippen molar-refractivity contribution < 1.29 is 9.53 Å². The lowest BCUT2D eigenvalue weighted by Gasteiger charge is -2.16. The molecule has 0 aromatic heterocycles. The molecular formula is C17H19NO2S. The third kappa shape index (κ3) is 4.26. The number of nitrogens with one attached hydrogen (secondary N) is 1. The van der Waals surface area contributed by atoms with Gasteiger partial charge in [-0.15, -0.1) is 11.8 Å². The van der Waals surface area contributed by atoms with Gasteiger partial charge in [-0.25, -0.2) is 0 Å². The Hall–Kier alpha value is -1.94. The topological polar surface area (TPSA) is 38.3 Å². The normalized spacial score (nSPS) is 11.8. The Labute approximate surface area is 129 Å². The van der Waals surface area contributed by atoms with Gasteiger partial charge in [-0.1, -0.05) is 24.3 Å². The molecule has 0 radical (unpaired) electrons. The van der Waals surface area contributed by atoms with Crippen LogP contribution in [0.2, 0.25) is 0 Å². The van der Waals surface area contributed by atoms with E-state index in [9.17, 15) is 4.79 Å². The van der Waals surface area contributed by atoms with E-state index in [4.69, 9.17) is 4.74 Å². The van der Waals surface area contributed by atoms with E-state index >= 15 is 0 Å². The summed E-state index contributed by atoms with van der Waals surface area (Å²) < 4.78 is 5.72. The van der Waals surface area contributed by atoms with Crippen LogP contribution in [0.3, 0.4) is 0 Å². The van der Waals surface area contributed by atoms with Gasteiger partial charge in [-0.05, 0) is 49.9 Å². The summed E-state index contributed by atoms with van der Waals surface area (Å²) in [4.78, 5) is 13.3. The van der Waals surface area contributed by atoms with Crippen molar-refractivity contribution in [3.63, 3.8) is 0 Å². The molecule has 0 fully saturated rings. The van der Waals surface area contributed by atoms with Gasteiger partial charge >= 0.3 is 0 Å². The van der Waals surface area contributed by atoms with Crippen molar-refractivity contribution in [3.05, 3.63) is 54.1 Å². The summed E-state index contributed by atoms with van der Waals surface area (Å²) in [7, 11) is 0. The van der Waals surface area contributed by atoms with Gasteiger partial charge in [0.15, 0.2) is 6.10 Å². The smallest absolute Gasteiger partial charge is 0.265 e. The number of rotatable bonds is 5. The predicted molar refractivity (Wildman–Crippen MR) is 88.1 cm³/mol. The summed E-state index contributed by atoms with van der Waals surface area (Å²) in [6, 6.07) is 15.4. The standard InChI is InChI=1S/C17H19NO2S/c1-12-7-4-5-10-16(12)20-13(2)17(19)18-14-8-6-9-15(11-14)21-3/h4-11,13H,1-3H3,(H,18,19). The highest BCUT2D eigenvalue weighted by molar-refractivity contribution is 7.98. The van der Waals surface area contributed by atoms with E-state index in [2.05, 4.69) is 5.32 Å². The minimum absolute atomic E-state index is 0.156. The highest BCUT2D eigenvalue weighted by Gasteiger charge is 2.15. The fourth-order valence-corrected chi connectivity index (χ4v) is 2.34. The van der Waals surface area contributed by atoms with Crippen LogP contribution >= 0.6 is 11.8 Å². The number of aryl methyl sites for hydroxylation is 1. The molecule has 3 nitrogen and oxygen atoms in total. The van der Waals surface area contributed by atoms with Crippen molar-refractivity contribution >= 4 is 23.4 Å². The van der Waals surface area contributed by atoms with E-state index < -0.39 is 6.10 Å². The number of amides is 1. The van der Waals surface area contributed by atoms with Crippen LogP contribution in [0.5, 0.6) is 5.75 Å². The first-order chi connectivity index (χ1) is 10.1. The molecule has 1 unspecified atom stereocenters. The van der Waals surface area contributed by atoms with Crippen LogP contribution in [-0.4, -0.2) is 18.3 Å². The molecule has 0 bridgehead atoms. The van der Waals surface area contributed by atoms with Gasteiger partial charge in [0, 0.05) is 10.6 Å². The van der Waals surface area contributed by atoms with Crippen LogP contribution < -0.4 is 10.1 Å². The lowest BCUT2D eigenvalue weighted by molar-refractivity contribution is -0.122. The fourth-order valence-electron chi connectivity index (χ4n) is 1.88. The lowest BCUT2D eigenvalue weighted by Crippen LogP contribution is -2.30. The molecule has 4 heteroatoms. The maximum absolute atomic E-state index is 12.2. The molecule has 0 aliphatic heterocycles. The van der Waals surface area contributed by atoms with Gasteiger partial charge in [0.1, 0.15) is 5.75 Å². The number of para-hydroxylation sites is 1. The zero-order valence-electron chi connectivity index (χ0n) is 12.4. The van der Waals surface area contributed by atoms with E-state index in [0.717, 1.165) is 21.9 Å². The Kier molecular flexibility index (Phi) is 5.28. The lowest BCUT2D eigenvalue weighted by atomic mass is 10.2. The second-order valence-electron chi connectivity index (χ2n) is 4.75. The summed E-state index contributed by atoms with van der Waals surface area (Å²) in [5.41, 5.74) is 1.80. The molecule has 0 saturated carbocycles. The monoisotopic (exact) mass is 301 g/mol. The molecule has 110 valence electrons. The number of benzene rings is 2. The highest BCUT2D eigenvalue weighted by atomic mass is 32.2. The summed E-state index contributed by atoms with van der Waals surface area (Å²) in [5.74, 6) is 0.578. The zero-order valence-corrected chi connectivity index (χ0v) is 13.2. The van der Waals surface area contributed by atoms with Crippen molar-refractivity contribution in [3.8, 4) is 5.75 Å². The van der Waals surface area contributed by atoms with Gasteiger partial charge in [-0.2, -0.15) is 0 Å². The molecule has 1 N–H and O–H groups in total. The molecule has 21 heavy (non-hydrogen) atoms. The zero-order chi connectivity index (χ0) is 15.2. The minimum Gasteiger partial charge on any atom is -0.481 e. The number of hydrogen-bond donors (Lipinski definition) is 1. The first-order valence-corrected chi connectivity index (χ1v) is 8.00. The number of carbonyl (C=O) groups excluding carboxylic acids is 1. The van der Waals surface area contributed by atoms with Crippen molar-refractivity contribution in [1.82, 2.24) is 0 Å². The second kappa shape index (κ2) is 7.18. The molecule has 1 atom stereocenters. The average Bonchev–Trinajstić information content (AvgIpc) is 2.49. The van der Waals surface area contributed by atoms with Crippen molar-refractivity contribution in [2.24, 2.45) is 0 Å². The van der Waals surface area contributed by atoms with E-state index in [1.54, 1.807) is 18.7 Å². The van der Waals surface area contributed by atoms with Gasteiger partial charge in [-0.3, -0.25) is 4.79 Å². The summed E-state index contributed by atoms with van der Waals surface area (Å²) >= 11 is 1.64. The Morgan fingerprint density at radius 1 is 1.19 bits per heavy atom. The van der Waals surface area contributed by atoms with Gasteiger partial charge in [0.05, 0.1) is 0 Å². The molecule has 1 amide bonds. The molecular weight excluding hydrogens is 282 g/mol. The van der Waals surface area contributed by atoms with Gasteiger partial charge in [0.25, 0.3) is 5.91 Å². The van der Waals surface area contributed by atoms with E-state index in [1.807, 2.05) is 61.7 Å². The molecule has 0 spiro atoms. The molecule has 0 aliphatic rings. The first-order valence-electron chi connectivity index (χ1n) is 6.77. The van der Waals surface area contributed by atoms with Gasteiger partial charge < -0.3 is 10.1 Å². The van der Waals surface area contributed by atoms with E-state index in [1.165, 1.54) is 0 Å². The van der Waals surface area contributed by atoms with Crippen LogP contribution in [0.4, 0.5) is 5.69 Å².